The molecule has 1 saturated carbocycles. The molecule has 2 atom stereocenters. The molecule has 94 valence electrons. The van der Waals surface area contributed by atoms with Gasteiger partial charge in [-0.15, -0.1) is 0 Å². The molecule has 1 aliphatic rings. The topological polar surface area (TPSA) is 37.8 Å². The van der Waals surface area contributed by atoms with Gasteiger partial charge in [-0.25, -0.2) is 9.97 Å². The van der Waals surface area contributed by atoms with Gasteiger partial charge in [0, 0.05) is 17.8 Å². The van der Waals surface area contributed by atoms with Crippen LogP contribution in [0, 0.1) is 19.8 Å². The maximum absolute atomic E-state index is 4.46. The first-order valence-corrected chi connectivity index (χ1v) is 6.72. The number of hydrogen-bond acceptors (Lipinski definition) is 3. The molecule has 3 nitrogen and oxygen atoms in total. The van der Waals surface area contributed by atoms with Crippen LogP contribution in [0.2, 0.25) is 0 Å². The van der Waals surface area contributed by atoms with Crippen LogP contribution < -0.4 is 5.32 Å². The van der Waals surface area contributed by atoms with Gasteiger partial charge in [0.05, 0.1) is 0 Å². The van der Waals surface area contributed by atoms with Crippen molar-refractivity contribution in [1.82, 2.24) is 9.97 Å². The van der Waals surface area contributed by atoms with Gasteiger partial charge in [0.25, 0.3) is 0 Å². The summed E-state index contributed by atoms with van der Waals surface area (Å²) in [5.41, 5.74) is 1.04. The highest BCUT2D eigenvalue weighted by Gasteiger charge is 2.16. The van der Waals surface area contributed by atoms with Gasteiger partial charge in [-0.2, -0.15) is 0 Å². The molecule has 1 aromatic heterocycles. The molecular formula is C14H23N3. The first kappa shape index (κ1) is 12.3. The van der Waals surface area contributed by atoms with Crippen molar-refractivity contribution < 1.29 is 0 Å². The molecule has 2 rings (SSSR count). The summed E-state index contributed by atoms with van der Waals surface area (Å²) >= 11 is 0. The van der Waals surface area contributed by atoms with Gasteiger partial charge in [-0.1, -0.05) is 19.8 Å². The molecule has 0 radical (unpaired) electrons. The van der Waals surface area contributed by atoms with Gasteiger partial charge >= 0.3 is 0 Å². The van der Waals surface area contributed by atoms with Gasteiger partial charge < -0.3 is 5.32 Å². The fourth-order valence-electron chi connectivity index (χ4n) is 2.63. The molecule has 3 heteroatoms. The standard InChI is InChI=1S/C14H23N3/c1-10-5-4-6-13(8-7-10)17-14-9-11(2)15-12(3)16-14/h9-10,13H,4-8H2,1-3H3,(H,15,16,17). The number of nitrogens with zero attached hydrogens (tertiary/aromatic N) is 2. The maximum Gasteiger partial charge on any atom is 0.130 e. The summed E-state index contributed by atoms with van der Waals surface area (Å²) in [6.45, 7) is 6.34. The first-order chi connectivity index (χ1) is 8.13. The van der Waals surface area contributed by atoms with Crippen molar-refractivity contribution in [3.8, 4) is 0 Å². The fraction of sp³-hybridized carbons (Fsp3) is 0.714. The van der Waals surface area contributed by atoms with E-state index in [4.69, 9.17) is 0 Å². The number of aryl methyl sites for hydroxylation is 2. The van der Waals surface area contributed by atoms with Gasteiger partial charge in [-0.05, 0) is 39.0 Å². The van der Waals surface area contributed by atoms with Crippen molar-refractivity contribution in [3.05, 3.63) is 17.6 Å². The molecule has 0 aliphatic heterocycles. The van der Waals surface area contributed by atoms with Crippen molar-refractivity contribution >= 4 is 5.82 Å². The third kappa shape index (κ3) is 3.69. The zero-order valence-corrected chi connectivity index (χ0v) is 11.2. The Morgan fingerprint density at radius 2 is 1.94 bits per heavy atom. The van der Waals surface area contributed by atoms with Crippen LogP contribution in [0.4, 0.5) is 5.82 Å². The van der Waals surface area contributed by atoms with Crippen LogP contribution in [-0.4, -0.2) is 16.0 Å². The van der Waals surface area contributed by atoms with E-state index in [2.05, 4.69) is 22.2 Å². The Balaban J connectivity index is 1.99. The van der Waals surface area contributed by atoms with Gasteiger partial charge in [0.2, 0.25) is 0 Å². The SMILES string of the molecule is Cc1cc(NC2CCCC(C)CC2)nc(C)n1. The van der Waals surface area contributed by atoms with E-state index in [1.54, 1.807) is 0 Å². The highest BCUT2D eigenvalue weighted by Crippen LogP contribution is 2.24. The molecule has 2 unspecified atom stereocenters. The van der Waals surface area contributed by atoms with Crippen LogP contribution >= 0.6 is 0 Å². The minimum Gasteiger partial charge on any atom is -0.367 e. The zero-order chi connectivity index (χ0) is 12.3. The van der Waals surface area contributed by atoms with Crippen molar-refractivity contribution in [2.75, 3.05) is 5.32 Å². The lowest BCUT2D eigenvalue weighted by atomic mass is 10.0. The summed E-state index contributed by atoms with van der Waals surface area (Å²) in [7, 11) is 0. The van der Waals surface area contributed by atoms with Crippen LogP contribution in [0.1, 0.15) is 50.5 Å². The molecule has 17 heavy (non-hydrogen) atoms. The largest absolute Gasteiger partial charge is 0.367 e. The van der Waals surface area contributed by atoms with E-state index in [0.29, 0.717) is 6.04 Å². The number of hydrogen-bond donors (Lipinski definition) is 1. The molecule has 0 bridgehead atoms. The van der Waals surface area contributed by atoms with Crippen LogP contribution in [0.3, 0.4) is 0 Å². The van der Waals surface area contributed by atoms with E-state index in [1.807, 2.05) is 19.9 Å². The second kappa shape index (κ2) is 5.48. The average Bonchev–Trinajstić information content (AvgIpc) is 2.42. The van der Waals surface area contributed by atoms with Crippen LogP contribution in [-0.2, 0) is 0 Å². The van der Waals surface area contributed by atoms with E-state index < -0.39 is 0 Å². The predicted octanol–water partition coefficient (Wildman–Crippen LogP) is 3.47. The number of aromatic nitrogens is 2. The Hall–Kier alpha value is -1.12. The quantitative estimate of drug-likeness (QED) is 0.795. The molecule has 0 spiro atoms. The molecule has 1 aliphatic carbocycles. The first-order valence-electron chi connectivity index (χ1n) is 6.72. The van der Waals surface area contributed by atoms with Crippen LogP contribution in [0.25, 0.3) is 0 Å². The van der Waals surface area contributed by atoms with Crippen molar-refractivity contribution in [2.24, 2.45) is 5.92 Å². The second-order valence-corrected chi connectivity index (χ2v) is 5.40. The third-order valence-electron chi connectivity index (χ3n) is 3.58. The van der Waals surface area contributed by atoms with Crippen molar-refractivity contribution in [1.29, 1.82) is 0 Å². The molecule has 1 fully saturated rings. The highest BCUT2D eigenvalue weighted by atomic mass is 15.0. The van der Waals surface area contributed by atoms with Crippen molar-refractivity contribution in [2.45, 2.75) is 58.9 Å². The number of rotatable bonds is 2. The van der Waals surface area contributed by atoms with E-state index in [0.717, 1.165) is 23.3 Å². The fourth-order valence-corrected chi connectivity index (χ4v) is 2.63. The van der Waals surface area contributed by atoms with E-state index >= 15 is 0 Å². The summed E-state index contributed by atoms with van der Waals surface area (Å²) < 4.78 is 0. The third-order valence-corrected chi connectivity index (χ3v) is 3.58. The van der Waals surface area contributed by atoms with Crippen LogP contribution in [0.15, 0.2) is 6.07 Å². The summed E-state index contributed by atoms with van der Waals surface area (Å²) in [4.78, 5) is 8.76. The lowest BCUT2D eigenvalue weighted by molar-refractivity contribution is 0.502. The average molecular weight is 233 g/mol. The molecule has 1 heterocycles. The molecule has 1 aromatic rings. The predicted molar refractivity (Wildman–Crippen MR) is 71.2 cm³/mol. The minimum atomic E-state index is 0.591. The lowest BCUT2D eigenvalue weighted by Gasteiger charge is -2.17. The Morgan fingerprint density at radius 1 is 1.12 bits per heavy atom. The Kier molecular flexibility index (Phi) is 3.97. The molecule has 1 N–H and O–H groups in total. The van der Waals surface area contributed by atoms with Gasteiger partial charge in [0.15, 0.2) is 0 Å². The summed E-state index contributed by atoms with van der Waals surface area (Å²) in [6, 6.07) is 2.63. The maximum atomic E-state index is 4.46. The monoisotopic (exact) mass is 233 g/mol. The van der Waals surface area contributed by atoms with E-state index in [9.17, 15) is 0 Å². The van der Waals surface area contributed by atoms with Crippen molar-refractivity contribution in [3.63, 3.8) is 0 Å². The normalized spacial score (nSPS) is 25.4. The van der Waals surface area contributed by atoms with E-state index in [1.165, 1.54) is 32.1 Å². The summed E-state index contributed by atoms with van der Waals surface area (Å²) in [6.07, 6.45) is 6.58. The Bertz CT molecular complexity index is 355. The number of anilines is 1. The summed E-state index contributed by atoms with van der Waals surface area (Å²) in [5, 5.41) is 3.57. The Labute approximate surface area is 104 Å². The van der Waals surface area contributed by atoms with Gasteiger partial charge in [0.1, 0.15) is 11.6 Å². The number of nitrogens with one attached hydrogen (secondary N) is 1. The molecule has 0 aromatic carbocycles. The summed E-state index contributed by atoms with van der Waals surface area (Å²) in [5.74, 6) is 2.74. The molecule has 0 amide bonds. The van der Waals surface area contributed by atoms with E-state index in [-0.39, 0.29) is 0 Å². The minimum absolute atomic E-state index is 0.591. The second-order valence-electron chi connectivity index (χ2n) is 5.40. The lowest BCUT2D eigenvalue weighted by Crippen LogP contribution is -2.19. The zero-order valence-electron chi connectivity index (χ0n) is 11.2. The van der Waals surface area contributed by atoms with Gasteiger partial charge in [-0.3, -0.25) is 0 Å². The molecule has 0 saturated heterocycles. The van der Waals surface area contributed by atoms with Crippen LogP contribution in [0.5, 0.6) is 0 Å². The highest BCUT2D eigenvalue weighted by molar-refractivity contribution is 5.36. The smallest absolute Gasteiger partial charge is 0.130 e. The Morgan fingerprint density at radius 3 is 2.71 bits per heavy atom. The molecular weight excluding hydrogens is 210 g/mol.